The fraction of sp³-hybridized carbons (Fsp3) is 0.214. The van der Waals surface area contributed by atoms with Gasteiger partial charge in [-0.2, -0.15) is 4.72 Å². The lowest BCUT2D eigenvalue weighted by atomic mass is 10.1. The summed E-state index contributed by atoms with van der Waals surface area (Å²) in [4.78, 5) is 11.5. The summed E-state index contributed by atoms with van der Waals surface area (Å²) in [5, 5.41) is 10.4. The zero-order chi connectivity index (χ0) is 16.3. The van der Waals surface area contributed by atoms with Crippen molar-refractivity contribution < 1.29 is 23.1 Å². The Bertz CT molecular complexity index is 806. The summed E-state index contributed by atoms with van der Waals surface area (Å²) in [5.74, 6) is -0.854. The highest BCUT2D eigenvalue weighted by Crippen LogP contribution is 2.29. The minimum absolute atomic E-state index is 0.0219. The van der Waals surface area contributed by atoms with Gasteiger partial charge < -0.3 is 9.84 Å². The molecule has 0 saturated carbocycles. The molecule has 0 fully saturated rings. The molecule has 0 amide bonds. The molecule has 2 N–H and O–H groups in total. The second-order valence-corrected chi connectivity index (χ2v) is 7.01. The summed E-state index contributed by atoms with van der Waals surface area (Å²) < 4.78 is 32.4. The van der Waals surface area contributed by atoms with Crippen molar-refractivity contribution in [3.8, 4) is 0 Å². The number of carbonyl (C=O) groups excluding carboxylic acids is 1. The summed E-state index contributed by atoms with van der Waals surface area (Å²) in [7, 11) is -2.88. The van der Waals surface area contributed by atoms with Crippen LogP contribution in [0.25, 0.3) is 10.8 Å². The largest absolute Gasteiger partial charge is 0.468 e. The monoisotopic (exact) mass is 387 g/mol. The molecule has 0 spiro atoms. The van der Waals surface area contributed by atoms with Crippen LogP contribution < -0.4 is 4.72 Å². The van der Waals surface area contributed by atoms with Crippen molar-refractivity contribution in [2.24, 2.45) is 0 Å². The molecular weight excluding hydrogens is 374 g/mol. The zero-order valence-electron chi connectivity index (χ0n) is 11.6. The second kappa shape index (κ2) is 6.74. The fourth-order valence-corrected chi connectivity index (χ4v) is 3.89. The zero-order valence-corrected chi connectivity index (χ0v) is 14.0. The maximum atomic E-state index is 12.5. The van der Waals surface area contributed by atoms with E-state index in [2.05, 4.69) is 25.4 Å². The molecule has 2 aromatic carbocycles. The Balaban J connectivity index is 2.51. The number of hydrogen-bond acceptors (Lipinski definition) is 5. The van der Waals surface area contributed by atoms with Gasteiger partial charge in [0.1, 0.15) is 6.04 Å². The van der Waals surface area contributed by atoms with Crippen LogP contribution in [0.1, 0.15) is 0 Å². The number of nitrogens with one attached hydrogen (secondary N) is 1. The molecule has 1 atom stereocenters. The summed E-state index contributed by atoms with van der Waals surface area (Å²) in [6, 6.07) is 8.66. The first-order valence-corrected chi connectivity index (χ1v) is 8.56. The molecule has 0 aliphatic rings. The van der Waals surface area contributed by atoms with E-state index in [1.165, 1.54) is 6.07 Å². The third-order valence-corrected chi connectivity index (χ3v) is 5.31. The number of benzene rings is 2. The molecule has 0 aromatic heterocycles. The number of fused-ring (bicyclic) bond motifs is 1. The molecule has 0 heterocycles. The summed E-state index contributed by atoms with van der Waals surface area (Å²) >= 11 is 3.37. The second-order valence-electron chi connectivity index (χ2n) is 4.47. The van der Waals surface area contributed by atoms with E-state index in [1.807, 2.05) is 0 Å². The molecule has 0 radical (unpaired) electrons. The van der Waals surface area contributed by atoms with E-state index >= 15 is 0 Å². The van der Waals surface area contributed by atoms with Gasteiger partial charge >= 0.3 is 5.97 Å². The minimum atomic E-state index is -4.00. The molecule has 22 heavy (non-hydrogen) atoms. The van der Waals surface area contributed by atoms with Gasteiger partial charge in [0.25, 0.3) is 0 Å². The predicted octanol–water partition coefficient (Wildman–Crippen LogP) is 1.41. The smallest absolute Gasteiger partial charge is 0.326 e. The number of hydrogen-bond donors (Lipinski definition) is 2. The number of esters is 1. The van der Waals surface area contributed by atoms with E-state index < -0.39 is 28.6 Å². The van der Waals surface area contributed by atoms with E-state index in [1.54, 1.807) is 30.3 Å². The first-order valence-electron chi connectivity index (χ1n) is 6.29. The lowest BCUT2D eigenvalue weighted by Gasteiger charge is -2.15. The van der Waals surface area contributed by atoms with Crippen molar-refractivity contribution in [3.63, 3.8) is 0 Å². The SMILES string of the molecule is COC(=O)[C@H](CO)NS(=O)(=O)c1ccc(Br)c2ccccc12. The maximum absolute atomic E-state index is 12.5. The number of methoxy groups -OCH3 is 1. The van der Waals surface area contributed by atoms with Crippen molar-refractivity contribution in [1.82, 2.24) is 4.72 Å². The third-order valence-electron chi connectivity index (χ3n) is 3.09. The molecule has 0 aliphatic heterocycles. The Hall–Kier alpha value is -1.48. The topological polar surface area (TPSA) is 92.7 Å². The average molecular weight is 388 g/mol. The summed E-state index contributed by atoms with van der Waals surface area (Å²) in [6.07, 6.45) is 0. The third kappa shape index (κ3) is 3.30. The average Bonchev–Trinajstić information content (AvgIpc) is 2.52. The van der Waals surface area contributed by atoms with Crippen molar-refractivity contribution in [2.45, 2.75) is 10.9 Å². The number of halogens is 1. The highest BCUT2D eigenvalue weighted by molar-refractivity contribution is 9.10. The number of rotatable bonds is 5. The molecule has 0 aliphatic carbocycles. The minimum Gasteiger partial charge on any atom is -0.468 e. The van der Waals surface area contributed by atoms with Crippen LogP contribution in [0.2, 0.25) is 0 Å². The highest BCUT2D eigenvalue weighted by Gasteiger charge is 2.27. The Morgan fingerprint density at radius 1 is 1.27 bits per heavy atom. The number of aliphatic hydroxyl groups excluding tert-OH is 1. The number of sulfonamides is 1. The molecule has 0 bridgehead atoms. The quantitative estimate of drug-likeness (QED) is 0.756. The normalized spacial score (nSPS) is 13.0. The Morgan fingerprint density at radius 2 is 1.91 bits per heavy atom. The Kier molecular flexibility index (Phi) is 5.17. The van der Waals surface area contributed by atoms with Crippen LogP contribution in [0.5, 0.6) is 0 Å². The van der Waals surface area contributed by atoms with Crippen LogP contribution in [0.3, 0.4) is 0 Å². The van der Waals surface area contributed by atoms with Gasteiger partial charge in [0.05, 0.1) is 18.6 Å². The van der Waals surface area contributed by atoms with E-state index in [0.717, 1.165) is 17.0 Å². The number of aliphatic hydroxyl groups is 1. The van der Waals surface area contributed by atoms with Gasteiger partial charge in [-0.1, -0.05) is 40.2 Å². The first-order chi connectivity index (χ1) is 10.4. The first kappa shape index (κ1) is 16.9. The van der Waals surface area contributed by atoms with E-state index in [-0.39, 0.29) is 4.90 Å². The number of carbonyl (C=O) groups is 1. The van der Waals surface area contributed by atoms with Crippen LogP contribution in [-0.4, -0.2) is 39.3 Å². The maximum Gasteiger partial charge on any atom is 0.326 e. The standard InChI is InChI=1S/C14H14BrNO5S/c1-21-14(18)12(8-17)16-22(19,20)13-7-6-11(15)9-4-2-3-5-10(9)13/h2-7,12,16-17H,8H2,1H3/t12-/m0/s1. The van der Waals surface area contributed by atoms with Crippen LogP contribution in [0.15, 0.2) is 45.8 Å². The molecule has 2 rings (SSSR count). The van der Waals surface area contributed by atoms with Crippen LogP contribution in [0, 0.1) is 0 Å². The van der Waals surface area contributed by atoms with Crippen LogP contribution in [0.4, 0.5) is 0 Å². The molecule has 118 valence electrons. The van der Waals surface area contributed by atoms with Crippen molar-refractivity contribution >= 4 is 42.7 Å². The van der Waals surface area contributed by atoms with Gasteiger partial charge in [-0.15, -0.1) is 0 Å². The molecule has 2 aromatic rings. The Morgan fingerprint density at radius 3 is 2.50 bits per heavy atom. The number of ether oxygens (including phenoxy) is 1. The van der Waals surface area contributed by atoms with Crippen molar-refractivity contribution in [2.75, 3.05) is 13.7 Å². The van der Waals surface area contributed by atoms with Gasteiger partial charge in [0, 0.05) is 9.86 Å². The molecule has 0 unspecified atom stereocenters. The van der Waals surface area contributed by atoms with E-state index in [0.29, 0.717) is 5.39 Å². The van der Waals surface area contributed by atoms with Gasteiger partial charge in [-0.25, -0.2) is 8.42 Å². The van der Waals surface area contributed by atoms with Gasteiger partial charge in [-0.3, -0.25) is 4.79 Å². The van der Waals surface area contributed by atoms with E-state index in [4.69, 9.17) is 5.11 Å². The summed E-state index contributed by atoms with van der Waals surface area (Å²) in [6.45, 7) is -0.694. The van der Waals surface area contributed by atoms with Gasteiger partial charge in [0.2, 0.25) is 10.0 Å². The van der Waals surface area contributed by atoms with Crippen LogP contribution in [-0.2, 0) is 19.6 Å². The predicted molar refractivity (Wildman–Crippen MR) is 84.9 cm³/mol. The van der Waals surface area contributed by atoms with Crippen LogP contribution >= 0.6 is 15.9 Å². The fourth-order valence-electron chi connectivity index (χ4n) is 2.02. The molecule has 6 nitrogen and oxygen atoms in total. The van der Waals surface area contributed by atoms with E-state index in [9.17, 15) is 13.2 Å². The molecule has 0 saturated heterocycles. The lowest BCUT2D eigenvalue weighted by Crippen LogP contribution is -2.43. The molecular formula is C14H14BrNO5S. The summed E-state index contributed by atoms with van der Waals surface area (Å²) in [5.41, 5.74) is 0. The highest BCUT2D eigenvalue weighted by atomic mass is 79.9. The van der Waals surface area contributed by atoms with Crippen molar-refractivity contribution in [3.05, 3.63) is 40.9 Å². The van der Waals surface area contributed by atoms with Gasteiger partial charge in [0.15, 0.2) is 0 Å². The molecule has 8 heteroatoms. The van der Waals surface area contributed by atoms with Gasteiger partial charge in [-0.05, 0) is 17.5 Å². The Labute approximate surface area is 136 Å². The van der Waals surface area contributed by atoms with Crippen molar-refractivity contribution in [1.29, 1.82) is 0 Å². The lowest BCUT2D eigenvalue weighted by molar-refractivity contribution is -0.143.